The molecule has 0 bridgehead atoms. The summed E-state index contributed by atoms with van der Waals surface area (Å²) in [6, 6.07) is 4.98. The number of halogens is 1. The van der Waals surface area contributed by atoms with Crippen molar-refractivity contribution in [3.8, 4) is 0 Å². The maximum Gasteiger partial charge on any atom is 0.283 e. The van der Waals surface area contributed by atoms with Gasteiger partial charge in [-0.25, -0.2) is 4.98 Å². The number of thioether (sulfide) groups is 1. The minimum Gasteiger partial charge on any atom is -0.437 e. The Morgan fingerprint density at radius 2 is 2.21 bits per heavy atom. The summed E-state index contributed by atoms with van der Waals surface area (Å²) in [7, 11) is 0. The molecular formula is C12H11BrN2O3S. The van der Waals surface area contributed by atoms with E-state index in [2.05, 4.69) is 20.9 Å². The van der Waals surface area contributed by atoms with Crippen molar-refractivity contribution in [1.82, 2.24) is 4.98 Å². The van der Waals surface area contributed by atoms with Crippen molar-refractivity contribution >= 4 is 33.4 Å². The summed E-state index contributed by atoms with van der Waals surface area (Å²) in [6.07, 6.45) is 0. The lowest BCUT2D eigenvalue weighted by Crippen LogP contribution is -1.92. The smallest absolute Gasteiger partial charge is 0.283 e. The molecule has 0 saturated carbocycles. The minimum absolute atomic E-state index is 0.0675. The molecule has 0 saturated heterocycles. The number of rotatable bonds is 4. The van der Waals surface area contributed by atoms with Crippen LogP contribution >= 0.6 is 27.7 Å². The van der Waals surface area contributed by atoms with Crippen LogP contribution < -0.4 is 0 Å². The maximum atomic E-state index is 10.8. The van der Waals surface area contributed by atoms with Gasteiger partial charge in [0.05, 0.1) is 15.1 Å². The molecule has 0 aliphatic rings. The van der Waals surface area contributed by atoms with Gasteiger partial charge in [0.2, 0.25) is 0 Å². The van der Waals surface area contributed by atoms with Crippen LogP contribution in [0.1, 0.15) is 17.0 Å². The number of aromatic nitrogens is 1. The van der Waals surface area contributed by atoms with Crippen LogP contribution in [0.25, 0.3) is 0 Å². The van der Waals surface area contributed by atoms with E-state index < -0.39 is 4.92 Å². The Labute approximate surface area is 122 Å². The Morgan fingerprint density at radius 3 is 2.79 bits per heavy atom. The SMILES string of the molecule is Cc1nc(SCc2cccc([N+](=O)[O-])c2Br)oc1C. The largest absolute Gasteiger partial charge is 0.437 e. The van der Waals surface area contributed by atoms with Crippen LogP contribution in [0.15, 0.2) is 32.3 Å². The normalized spacial score (nSPS) is 10.7. The van der Waals surface area contributed by atoms with Crippen LogP contribution in [0, 0.1) is 24.0 Å². The van der Waals surface area contributed by atoms with Gasteiger partial charge in [0.25, 0.3) is 10.9 Å². The Kier molecular flexibility index (Phi) is 4.26. The number of aryl methyl sites for hydroxylation is 2. The van der Waals surface area contributed by atoms with E-state index in [9.17, 15) is 10.1 Å². The van der Waals surface area contributed by atoms with Crippen LogP contribution in [0.3, 0.4) is 0 Å². The van der Waals surface area contributed by atoms with E-state index in [4.69, 9.17) is 4.42 Å². The zero-order valence-corrected chi connectivity index (χ0v) is 12.7. The molecule has 0 fully saturated rings. The van der Waals surface area contributed by atoms with Gasteiger partial charge in [0.15, 0.2) is 0 Å². The molecule has 0 aliphatic carbocycles. The van der Waals surface area contributed by atoms with Crippen molar-refractivity contribution in [3.05, 3.63) is 49.8 Å². The molecule has 100 valence electrons. The fourth-order valence-electron chi connectivity index (χ4n) is 1.46. The van der Waals surface area contributed by atoms with Crippen molar-refractivity contribution in [3.63, 3.8) is 0 Å². The molecule has 0 radical (unpaired) electrons. The van der Waals surface area contributed by atoms with E-state index in [1.54, 1.807) is 6.07 Å². The minimum atomic E-state index is -0.405. The van der Waals surface area contributed by atoms with E-state index in [0.717, 1.165) is 17.0 Å². The Balaban J connectivity index is 2.16. The summed E-state index contributed by atoms with van der Waals surface area (Å²) in [5.41, 5.74) is 1.77. The molecule has 2 aromatic rings. The zero-order valence-electron chi connectivity index (χ0n) is 10.3. The third kappa shape index (κ3) is 3.16. The first-order valence-corrected chi connectivity index (χ1v) is 7.25. The standard InChI is InChI=1S/C12H11BrN2O3S/c1-7-8(2)18-12(14-7)19-6-9-4-3-5-10(11(9)13)15(16)17/h3-5H,6H2,1-2H3. The molecule has 0 spiro atoms. The molecule has 0 atom stereocenters. The highest BCUT2D eigenvalue weighted by Crippen LogP contribution is 2.32. The summed E-state index contributed by atoms with van der Waals surface area (Å²) in [4.78, 5) is 14.7. The van der Waals surface area contributed by atoms with Gasteiger partial charge >= 0.3 is 0 Å². The van der Waals surface area contributed by atoms with E-state index in [1.165, 1.54) is 17.8 Å². The fraction of sp³-hybridized carbons (Fsp3) is 0.250. The second-order valence-corrected chi connectivity index (χ2v) is 5.64. The van der Waals surface area contributed by atoms with Crippen LogP contribution in [0.4, 0.5) is 5.69 Å². The monoisotopic (exact) mass is 342 g/mol. The quantitative estimate of drug-likeness (QED) is 0.471. The van der Waals surface area contributed by atoms with E-state index in [-0.39, 0.29) is 5.69 Å². The molecule has 1 heterocycles. The average Bonchev–Trinajstić information content (AvgIpc) is 2.67. The summed E-state index contributed by atoms with van der Waals surface area (Å²) in [5, 5.41) is 11.4. The van der Waals surface area contributed by atoms with E-state index in [1.807, 2.05) is 19.9 Å². The van der Waals surface area contributed by atoms with Crippen LogP contribution in [-0.4, -0.2) is 9.91 Å². The highest BCUT2D eigenvalue weighted by atomic mass is 79.9. The summed E-state index contributed by atoms with van der Waals surface area (Å²) in [6.45, 7) is 3.74. The first kappa shape index (κ1) is 14.1. The molecule has 5 nitrogen and oxygen atoms in total. The number of hydrogen-bond donors (Lipinski definition) is 0. The summed E-state index contributed by atoms with van der Waals surface area (Å²) < 4.78 is 5.96. The predicted molar refractivity (Wildman–Crippen MR) is 76.3 cm³/mol. The van der Waals surface area contributed by atoms with Gasteiger partial charge in [0, 0.05) is 11.8 Å². The highest BCUT2D eigenvalue weighted by molar-refractivity contribution is 9.10. The van der Waals surface area contributed by atoms with E-state index >= 15 is 0 Å². The third-order valence-electron chi connectivity index (χ3n) is 2.62. The number of hydrogen-bond acceptors (Lipinski definition) is 5. The topological polar surface area (TPSA) is 69.2 Å². The molecule has 0 unspecified atom stereocenters. The first-order chi connectivity index (χ1) is 8.99. The number of benzene rings is 1. The van der Waals surface area contributed by atoms with Gasteiger partial charge in [-0.2, -0.15) is 0 Å². The van der Waals surface area contributed by atoms with Gasteiger partial charge in [-0.3, -0.25) is 10.1 Å². The van der Waals surface area contributed by atoms with Crippen molar-refractivity contribution in [2.24, 2.45) is 0 Å². The Hall–Kier alpha value is -1.34. The zero-order chi connectivity index (χ0) is 14.0. The maximum absolute atomic E-state index is 10.8. The summed E-state index contributed by atoms with van der Waals surface area (Å²) in [5.74, 6) is 1.35. The number of nitrogens with zero attached hydrogens (tertiary/aromatic N) is 2. The second-order valence-electron chi connectivity index (χ2n) is 3.92. The fourth-order valence-corrected chi connectivity index (χ4v) is 3.10. The molecule has 19 heavy (non-hydrogen) atoms. The van der Waals surface area contributed by atoms with Gasteiger partial charge in [0.1, 0.15) is 5.76 Å². The number of nitro groups is 1. The lowest BCUT2D eigenvalue weighted by molar-refractivity contribution is -0.385. The van der Waals surface area contributed by atoms with Crippen molar-refractivity contribution < 1.29 is 9.34 Å². The predicted octanol–water partition coefficient (Wildman–Crippen LogP) is 4.25. The first-order valence-electron chi connectivity index (χ1n) is 5.47. The van der Waals surface area contributed by atoms with Crippen molar-refractivity contribution in [2.45, 2.75) is 24.8 Å². The third-order valence-corrected chi connectivity index (χ3v) is 4.41. The number of nitro benzene ring substituents is 1. The molecule has 0 aliphatic heterocycles. The van der Waals surface area contributed by atoms with Gasteiger partial charge < -0.3 is 4.42 Å². The van der Waals surface area contributed by atoms with Crippen LogP contribution in [-0.2, 0) is 5.75 Å². The molecular weight excluding hydrogens is 332 g/mol. The van der Waals surface area contributed by atoms with Crippen LogP contribution in [0.2, 0.25) is 0 Å². The van der Waals surface area contributed by atoms with Gasteiger partial charge in [-0.15, -0.1) is 0 Å². The molecule has 2 rings (SSSR count). The van der Waals surface area contributed by atoms with Crippen LogP contribution in [0.5, 0.6) is 0 Å². The molecule has 1 aromatic heterocycles. The lowest BCUT2D eigenvalue weighted by atomic mass is 10.2. The lowest BCUT2D eigenvalue weighted by Gasteiger charge is -2.02. The highest BCUT2D eigenvalue weighted by Gasteiger charge is 2.15. The van der Waals surface area contributed by atoms with Crippen molar-refractivity contribution in [2.75, 3.05) is 0 Å². The van der Waals surface area contributed by atoms with Gasteiger partial charge in [-0.05, 0) is 35.3 Å². The number of oxazole rings is 1. The van der Waals surface area contributed by atoms with E-state index in [0.29, 0.717) is 15.4 Å². The molecule has 7 heteroatoms. The van der Waals surface area contributed by atoms with Crippen molar-refractivity contribution in [1.29, 1.82) is 0 Å². The second kappa shape index (κ2) is 5.75. The molecule has 0 amide bonds. The molecule has 0 N–H and O–H groups in total. The Morgan fingerprint density at radius 1 is 1.47 bits per heavy atom. The Bertz CT molecular complexity index is 608. The average molecular weight is 343 g/mol. The summed E-state index contributed by atoms with van der Waals surface area (Å²) >= 11 is 4.68. The molecule has 1 aromatic carbocycles. The van der Waals surface area contributed by atoms with Gasteiger partial charge in [-0.1, -0.05) is 23.9 Å².